The van der Waals surface area contributed by atoms with Gasteiger partial charge in [0.15, 0.2) is 0 Å². The third-order valence-electron chi connectivity index (χ3n) is 6.35. The number of carboxylic acids is 1. The number of carboxylic acid groups (broad SMARTS) is 1. The first-order chi connectivity index (χ1) is 16.8. The molecule has 2 atom stereocenters. The van der Waals surface area contributed by atoms with Crippen LogP contribution in [0.4, 0.5) is 4.79 Å². The monoisotopic (exact) mass is 477 g/mol. The van der Waals surface area contributed by atoms with Crippen molar-refractivity contribution in [3.63, 3.8) is 0 Å². The van der Waals surface area contributed by atoms with Gasteiger partial charge in [-0.25, -0.2) is 9.59 Å². The predicted molar refractivity (Wildman–Crippen MR) is 131 cm³/mol. The first-order valence-corrected chi connectivity index (χ1v) is 11.8. The summed E-state index contributed by atoms with van der Waals surface area (Å²) in [5.74, 6) is -1.89. The van der Waals surface area contributed by atoms with Crippen LogP contribution in [-0.2, 0) is 14.3 Å². The molecular weight excluding hydrogens is 446 g/mol. The molecule has 0 saturated heterocycles. The number of ether oxygens (including phenoxy) is 1. The van der Waals surface area contributed by atoms with Crippen LogP contribution in [0.1, 0.15) is 63.0 Å². The minimum Gasteiger partial charge on any atom is -0.480 e. The molecule has 0 fully saturated rings. The molecule has 0 saturated carbocycles. The lowest BCUT2D eigenvalue weighted by atomic mass is 9.95. The van der Waals surface area contributed by atoms with Crippen molar-refractivity contribution in [2.75, 3.05) is 6.61 Å². The molecule has 2 aromatic rings. The van der Waals surface area contributed by atoms with Crippen molar-refractivity contribution < 1.29 is 24.2 Å². The molecule has 2 amide bonds. The molecule has 8 heteroatoms. The van der Waals surface area contributed by atoms with Crippen LogP contribution in [0.25, 0.3) is 11.1 Å². The van der Waals surface area contributed by atoms with E-state index in [0.717, 1.165) is 22.3 Å². The molecule has 0 radical (unpaired) electrons. The summed E-state index contributed by atoms with van der Waals surface area (Å²) in [7, 11) is 0. The summed E-state index contributed by atoms with van der Waals surface area (Å²) in [6.45, 7) is 3.36. The number of nitriles is 1. The van der Waals surface area contributed by atoms with E-state index in [1.807, 2.05) is 61.5 Å². The van der Waals surface area contributed by atoms with Gasteiger partial charge in [0, 0.05) is 12.3 Å². The molecule has 35 heavy (non-hydrogen) atoms. The van der Waals surface area contributed by atoms with Crippen molar-refractivity contribution >= 4 is 18.0 Å². The van der Waals surface area contributed by atoms with Crippen LogP contribution in [0.2, 0.25) is 0 Å². The number of amides is 2. The number of nitrogens with one attached hydrogen (secondary N) is 2. The van der Waals surface area contributed by atoms with Crippen LogP contribution in [-0.4, -0.2) is 41.3 Å². The Kier molecular flexibility index (Phi) is 8.48. The molecule has 2 unspecified atom stereocenters. The summed E-state index contributed by atoms with van der Waals surface area (Å²) < 4.78 is 5.54. The smallest absolute Gasteiger partial charge is 0.407 e. The van der Waals surface area contributed by atoms with E-state index in [0.29, 0.717) is 12.8 Å². The normalized spacial score (nSPS) is 14.5. The molecule has 8 nitrogen and oxygen atoms in total. The molecule has 3 rings (SSSR count). The summed E-state index contributed by atoms with van der Waals surface area (Å²) in [6.07, 6.45) is 0.797. The molecular formula is C27H31N3O5. The number of benzene rings is 2. The third-order valence-corrected chi connectivity index (χ3v) is 6.35. The van der Waals surface area contributed by atoms with E-state index in [-0.39, 0.29) is 31.8 Å². The van der Waals surface area contributed by atoms with Gasteiger partial charge in [0.2, 0.25) is 5.91 Å². The fourth-order valence-electron chi connectivity index (χ4n) is 4.52. The number of aliphatic carboxylic acids is 1. The maximum absolute atomic E-state index is 12.9. The van der Waals surface area contributed by atoms with Crippen LogP contribution < -0.4 is 10.6 Å². The standard InChI is InChI=1S/C27H31N3O5/c1-3-15-27(2,25(32)33)30-24(31)23(14-8-9-16-28)29-26(34)35-17-22-20-12-6-4-10-18(20)19-11-5-7-13-21(19)22/h4-7,10-13,22-23H,3,8-9,14-15,17H2,1-2H3,(H,29,34)(H,30,31)(H,32,33). The Morgan fingerprint density at radius 3 is 2.26 bits per heavy atom. The van der Waals surface area contributed by atoms with Gasteiger partial charge in [-0.3, -0.25) is 4.79 Å². The highest BCUT2D eigenvalue weighted by atomic mass is 16.5. The lowest BCUT2D eigenvalue weighted by Crippen LogP contribution is -2.57. The molecule has 0 spiro atoms. The lowest BCUT2D eigenvalue weighted by molar-refractivity contribution is -0.147. The lowest BCUT2D eigenvalue weighted by Gasteiger charge is -2.28. The van der Waals surface area contributed by atoms with Gasteiger partial charge in [0.1, 0.15) is 18.2 Å². The highest BCUT2D eigenvalue weighted by molar-refractivity contribution is 5.91. The van der Waals surface area contributed by atoms with E-state index in [4.69, 9.17) is 10.00 Å². The second kappa shape index (κ2) is 11.5. The number of hydrogen-bond donors (Lipinski definition) is 3. The van der Waals surface area contributed by atoms with E-state index >= 15 is 0 Å². The fraction of sp³-hybridized carbons (Fsp3) is 0.407. The third kappa shape index (κ3) is 5.99. The largest absolute Gasteiger partial charge is 0.480 e. The molecule has 1 aliphatic rings. The fourth-order valence-corrected chi connectivity index (χ4v) is 4.52. The highest BCUT2D eigenvalue weighted by Gasteiger charge is 2.36. The van der Waals surface area contributed by atoms with Crippen molar-refractivity contribution in [3.05, 3.63) is 59.7 Å². The van der Waals surface area contributed by atoms with E-state index in [1.54, 1.807) is 0 Å². The number of carbonyl (C=O) groups excluding carboxylic acids is 2. The van der Waals surface area contributed by atoms with E-state index < -0.39 is 29.6 Å². The number of carbonyl (C=O) groups is 3. The molecule has 0 aromatic heterocycles. The van der Waals surface area contributed by atoms with Crippen LogP contribution >= 0.6 is 0 Å². The Morgan fingerprint density at radius 1 is 1.11 bits per heavy atom. The van der Waals surface area contributed by atoms with Crippen molar-refractivity contribution in [2.45, 2.75) is 63.5 Å². The molecule has 0 heterocycles. The Balaban J connectivity index is 1.68. The minimum atomic E-state index is -1.46. The van der Waals surface area contributed by atoms with E-state index in [2.05, 4.69) is 10.6 Å². The molecule has 1 aliphatic carbocycles. The Labute approximate surface area is 205 Å². The van der Waals surface area contributed by atoms with Crippen LogP contribution in [0.3, 0.4) is 0 Å². The number of rotatable bonds is 11. The minimum absolute atomic E-state index is 0.0923. The highest BCUT2D eigenvalue weighted by Crippen LogP contribution is 2.44. The molecule has 0 bridgehead atoms. The Bertz CT molecular complexity index is 1080. The maximum atomic E-state index is 12.9. The van der Waals surface area contributed by atoms with Crippen molar-refractivity contribution in [3.8, 4) is 17.2 Å². The SMILES string of the molecule is CCCC(C)(NC(=O)C(CCCC#N)NC(=O)OCC1c2ccccc2-c2ccccc21)C(=O)O. The second-order valence-corrected chi connectivity index (χ2v) is 8.95. The quantitative estimate of drug-likeness (QED) is 0.413. The Hall–Kier alpha value is -3.86. The molecule has 3 N–H and O–H groups in total. The number of alkyl carbamates (subject to hydrolysis) is 1. The van der Waals surface area contributed by atoms with Crippen LogP contribution in [0.5, 0.6) is 0 Å². The summed E-state index contributed by atoms with van der Waals surface area (Å²) in [4.78, 5) is 37.4. The van der Waals surface area contributed by atoms with Gasteiger partial charge in [-0.1, -0.05) is 61.9 Å². The summed E-state index contributed by atoms with van der Waals surface area (Å²) in [5.41, 5.74) is 2.90. The van der Waals surface area contributed by atoms with Gasteiger partial charge in [0.25, 0.3) is 0 Å². The van der Waals surface area contributed by atoms with Gasteiger partial charge in [0.05, 0.1) is 6.07 Å². The van der Waals surface area contributed by atoms with Crippen LogP contribution in [0.15, 0.2) is 48.5 Å². The van der Waals surface area contributed by atoms with Crippen molar-refractivity contribution in [1.82, 2.24) is 10.6 Å². The predicted octanol–water partition coefficient (Wildman–Crippen LogP) is 4.35. The van der Waals surface area contributed by atoms with Gasteiger partial charge in [-0.15, -0.1) is 0 Å². The van der Waals surface area contributed by atoms with Crippen LogP contribution in [0, 0.1) is 11.3 Å². The van der Waals surface area contributed by atoms with Gasteiger partial charge < -0.3 is 20.5 Å². The van der Waals surface area contributed by atoms with Crippen molar-refractivity contribution in [1.29, 1.82) is 5.26 Å². The zero-order valence-corrected chi connectivity index (χ0v) is 20.0. The molecule has 184 valence electrons. The molecule has 0 aliphatic heterocycles. The summed E-state index contributed by atoms with van der Waals surface area (Å²) >= 11 is 0. The Morgan fingerprint density at radius 2 is 1.71 bits per heavy atom. The average Bonchev–Trinajstić information content (AvgIpc) is 3.16. The first kappa shape index (κ1) is 25.8. The first-order valence-electron chi connectivity index (χ1n) is 11.8. The second-order valence-electron chi connectivity index (χ2n) is 8.95. The van der Waals surface area contributed by atoms with Gasteiger partial charge >= 0.3 is 12.1 Å². The van der Waals surface area contributed by atoms with Gasteiger partial charge in [-0.2, -0.15) is 5.26 Å². The zero-order valence-electron chi connectivity index (χ0n) is 20.0. The summed E-state index contributed by atoms with van der Waals surface area (Å²) in [6, 6.07) is 16.9. The van der Waals surface area contributed by atoms with E-state index in [1.165, 1.54) is 6.92 Å². The number of fused-ring (bicyclic) bond motifs is 3. The number of nitrogens with zero attached hydrogens (tertiary/aromatic N) is 1. The zero-order chi connectivity index (χ0) is 25.4. The topological polar surface area (TPSA) is 129 Å². The molecule has 2 aromatic carbocycles. The van der Waals surface area contributed by atoms with E-state index in [9.17, 15) is 19.5 Å². The maximum Gasteiger partial charge on any atom is 0.407 e. The van der Waals surface area contributed by atoms with Gasteiger partial charge in [-0.05, 0) is 48.4 Å². The number of unbranched alkanes of at least 4 members (excludes halogenated alkanes) is 1. The van der Waals surface area contributed by atoms with Crippen molar-refractivity contribution in [2.24, 2.45) is 0 Å². The summed E-state index contributed by atoms with van der Waals surface area (Å²) in [5, 5.41) is 23.6. The average molecular weight is 478 g/mol. The number of hydrogen-bond acceptors (Lipinski definition) is 5.